The van der Waals surface area contributed by atoms with E-state index >= 15 is 0 Å². The molecular formula is C25H26N4O4. The molecule has 33 heavy (non-hydrogen) atoms. The molecule has 1 amide bonds. The van der Waals surface area contributed by atoms with Crippen LogP contribution in [-0.4, -0.2) is 46.1 Å². The summed E-state index contributed by atoms with van der Waals surface area (Å²) >= 11 is 0. The summed E-state index contributed by atoms with van der Waals surface area (Å²) in [6.45, 7) is 4.93. The molecule has 0 aliphatic carbocycles. The lowest BCUT2D eigenvalue weighted by Crippen LogP contribution is -2.39. The number of hydrogen-bond donors (Lipinski definition) is 0. The van der Waals surface area contributed by atoms with Gasteiger partial charge in [-0.2, -0.15) is 0 Å². The topological polar surface area (TPSA) is 94.5 Å². The van der Waals surface area contributed by atoms with Gasteiger partial charge in [-0.3, -0.25) is 4.79 Å². The second-order valence-corrected chi connectivity index (χ2v) is 8.50. The molecular weight excluding hydrogens is 420 g/mol. The van der Waals surface area contributed by atoms with E-state index in [9.17, 15) is 4.79 Å². The third-order valence-electron chi connectivity index (χ3n) is 6.16. The van der Waals surface area contributed by atoms with Crippen LogP contribution in [0.5, 0.6) is 5.75 Å². The first-order valence-electron chi connectivity index (χ1n) is 11.1. The van der Waals surface area contributed by atoms with E-state index in [4.69, 9.17) is 13.7 Å². The van der Waals surface area contributed by atoms with Crippen LogP contribution in [0, 0.1) is 13.8 Å². The number of hydrogen-bond acceptors (Lipinski definition) is 7. The van der Waals surface area contributed by atoms with E-state index < -0.39 is 0 Å². The highest BCUT2D eigenvalue weighted by molar-refractivity contribution is 6.06. The van der Waals surface area contributed by atoms with Crippen molar-refractivity contribution in [2.75, 3.05) is 20.2 Å². The molecule has 4 aromatic rings. The molecule has 1 fully saturated rings. The van der Waals surface area contributed by atoms with Crippen molar-refractivity contribution in [2.24, 2.45) is 0 Å². The van der Waals surface area contributed by atoms with Crippen molar-refractivity contribution in [3.05, 3.63) is 70.7 Å². The van der Waals surface area contributed by atoms with Gasteiger partial charge >= 0.3 is 0 Å². The number of amides is 1. The first kappa shape index (κ1) is 21.2. The molecule has 0 spiro atoms. The molecule has 8 heteroatoms. The number of rotatable bonds is 5. The van der Waals surface area contributed by atoms with Crippen LogP contribution in [0.3, 0.4) is 0 Å². The number of nitrogens with zero attached hydrogens (tertiary/aromatic N) is 4. The number of para-hydroxylation sites is 1. The zero-order valence-electron chi connectivity index (χ0n) is 19.0. The summed E-state index contributed by atoms with van der Waals surface area (Å²) in [5.41, 5.74) is 3.43. The minimum absolute atomic E-state index is 0.0395. The van der Waals surface area contributed by atoms with Crippen molar-refractivity contribution in [2.45, 2.75) is 39.0 Å². The monoisotopic (exact) mass is 446 g/mol. The van der Waals surface area contributed by atoms with Crippen LogP contribution in [0.15, 0.2) is 45.5 Å². The number of benzene rings is 1. The summed E-state index contributed by atoms with van der Waals surface area (Å²) in [6.07, 6.45) is 4.19. The van der Waals surface area contributed by atoms with Gasteiger partial charge in [0.05, 0.1) is 35.9 Å². The largest absolute Gasteiger partial charge is 0.496 e. The zero-order chi connectivity index (χ0) is 22.9. The molecule has 1 saturated heterocycles. The Labute approximate surface area is 191 Å². The summed E-state index contributed by atoms with van der Waals surface area (Å²) in [5, 5.41) is 4.68. The van der Waals surface area contributed by atoms with Crippen LogP contribution in [-0.2, 0) is 6.42 Å². The number of methoxy groups -OCH3 is 1. The maximum Gasteiger partial charge on any atom is 0.258 e. The molecule has 8 nitrogen and oxygen atoms in total. The molecule has 1 aliphatic heterocycles. The maximum atomic E-state index is 13.5. The quantitative estimate of drug-likeness (QED) is 0.447. The summed E-state index contributed by atoms with van der Waals surface area (Å²) in [6, 6.07) is 9.70. The minimum Gasteiger partial charge on any atom is -0.496 e. The first-order chi connectivity index (χ1) is 16.0. The average Bonchev–Trinajstić information content (AvgIpc) is 3.45. The lowest BCUT2D eigenvalue weighted by Gasteiger charge is -2.31. The fourth-order valence-electron chi connectivity index (χ4n) is 4.55. The highest BCUT2D eigenvalue weighted by atomic mass is 16.5. The molecule has 1 aromatic carbocycles. The number of ether oxygens (including phenoxy) is 1. The third-order valence-corrected chi connectivity index (χ3v) is 6.16. The fourth-order valence-corrected chi connectivity index (χ4v) is 4.55. The van der Waals surface area contributed by atoms with Crippen molar-refractivity contribution in [3.63, 3.8) is 0 Å². The molecule has 0 N–H and O–H groups in total. The Kier molecular flexibility index (Phi) is 5.58. The number of fused-ring (bicyclic) bond motifs is 1. The molecule has 1 unspecified atom stereocenters. The van der Waals surface area contributed by atoms with Gasteiger partial charge < -0.3 is 18.6 Å². The Balaban J connectivity index is 1.35. The number of piperidine rings is 1. The Morgan fingerprint density at radius 1 is 1.27 bits per heavy atom. The fraction of sp³-hybridized carbons (Fsp3) is 0.360. The predicted molar refractivity (Wildman–Crippen MR) is 121 cm³/mol. The molecule has 4 heterocycles. The van der Waals surface area contributed by atoms with Crippen LogP contribution in [0.4, 0.5) is 0 Å². The van der Waals surface area contributed by atoms with Gasteiger partial charge in [0.25, 0.3) is 11.6 Å². The molecule has 170 valence electrons. The van der Waals surface area contributed by atoms with Gasteiger partial charge in [-0.1, -0.05) is 23.4 Å². The second-order valence-electron chi connectivity index (χ2n) is 8.50. The van der Waals surface area contributed by atoms with E-state index in [1.54, 1.807) is 13.3 Å². The van der Waals surface area contributed by atoms with Gasteiger partial charge in [0.2, 0.25) is 0 Å². The predicted octanol–water partition coefficient (Wildman–Crippen LogP) is 4.45. The molecule has 1 aliphatic rings. The van der Waals surface area contributed by atoms with Gasteiger partial charge in [0, 0.05) is 30.8 Å². The van der Waals surface area contributed by atoms with E-state index in [1.807, 2.05) is 49.1 Å². The van der Waals surface area contributed by atoms with Crippen molar-refractivity contribution >= 4 is 17.0 Å². The number of pyridine rings is 1. The number of oxazole rings is 1. The molecule has 5 rings (SSSR count). The molecule has 1 atom stereocenters. The lowest BCUT2D eigenvalue weighted by atomic mass is 9.97. The highest BCUT2D eigenvalue weighted by Gasteiger charge is 2.30. The SMILES string of the molecule is COc1ccccc1Cc1cnc(C2CCCN(C(=O)c3cc(C)nc4onc(C)c34)C2)o1. The third kappa shape index (κ3) is 4.08. The Hall–Kier alpha value is -3.68. The summed E-state index contributed by atoms with van der Waals surface area (Å²) in [7, 11) is 1.66. The van der Waals surface area contributed by atoms with Crippen LogP contribution in [0.2, 0.25) is 0 Å². The van der Waals surface area contributed by atoms with Crippen LogP contribution in [0.25, 0.3) is 11.1 Å². The van der Waals surface area contributed by atoms with Crippen molar-refractivity contribution in [3.8, 4) is 5.75 Å². The highest BCUT2D eigenvalue weighted by Crippen LogP contribution is 2.30. The normalized spacial score (nSPS) is 16.3. The van der Waals surface area contributed by atoms with Gasteiger partial charge in [0.1, 0.15) is 11.5 Å². The Bertz CT molecular complexity index is 1310. The molecule has 0 saturated carbocycles. The number of likely N-dealkylation sites (tertiary alicyclic amines) is 1. The van der Waals surface area contributed by atoms with E-state index in [-0.39, 0.29) is 11.8 Å². The second kappa shape index (κ2) is 8.69. The smallest absolute Gasteiger partial charge is 0.258 e. The first-order valence-corrected chi connectivity index (χ1v) is 11.1. The Morgan fingerprint density at radius 3 is 2.97 bits per heavy atom. The number of carbonyl (C=O) groups excluding carboxylic acids is 1. The molecule has 0 bridgehead atoms. The standard InChI is InChI=1S/C25H26N4O4/c1-15-11-20(22-16(2)28-33-24(22)27-15)25(30)29-10-6-8-18(14-29)23-26-13-19(32-23)12-17-7-4-5-9-21(17)31-3/h4-5,7,9,11,13,18H,6,8,10,12,14H2,1-3H3. The van der Waals surface area contributed by atoms with Gasteiger partial charge in [-0.05, 0) is 38.8 Å². The van der Waals surface area contributed by atoms with Gasteiger partial charge in [-0.25, -0.2) is 9.97 Å². The van der Waals surface area contributed by atoms with Crippen molar-refractivity contribution in [1.82, 2.24) is 20.0 Å². The van der Waals surface area contributed by atoms with Crippen LogP contribution in [0.1, 0.15) is 57.7 Å². The number of carbonyl (C=O) groups is 1. The zero-order valence-corrected chi connectivity index (χ0v) is 19.0. The maximum absolute atomic E-state index is 13.5. The van der Waals surface area contributed by atoms with Crippen LogP contribution >= 0.6 is 0 Å². The van der Waals surface area contributed by atoms with Crippen molar-refractivity contribution in [1.29, 1.82) is 0 Å². The van der Waals surface area contributed by atoms with E-state index in [2.05, 4.69) is 15.1 Å². The van der Waals surface area contributed by atoms with E-state index in [0.717, 1.165) is 35.6 Å². The van der Waals surface area contributed by atoms with Gasteiger partial charge in [0.15, 0.2) is 5.89 Å². The molecule has 0 radical (unpaired) electrons. The Morgan fingerprint density at radius 2 is 2.12 bits per heavy atom. The summed E-state index contributed by atoms with van der Waals surface area (Å²) < 4.78 is 16.9. The lowest BCUT2D eigenvalue weighted by molar-refractivity contribution is 0.0699. The molecule has 3 aromatic heterocycles. The van der Waals surface area contributed by atoms with E-state index in [1.165, 1.54) is 0 Å². The average molecular weight is 447 g/mol. The number of aryl methyl sites for hydroxylation is 2. The van der Waals surface area contributed by atoms with Gasteiger partial charge in [-0.15, -0.1) is 0 Å². The van der Waals surface area contributed by atoms with Crippen LogP contribution < -0.4 is 4.74 Å². The summed E-state index contributed by atoms with van der Waals surface area (Å²) in [5.74, 6) is 2.30. The number of aromatic nitrogens is 3. The van der Waals surface area contributed by atoms with Crippen molar-refractivity contribution < 1.29 is 18.5 Å². The van der Waals surface area contributed by atoms with E-state index in [0.29, 0.717) is 47.8 Å². The summed E-state index contributed by atoms with van der Waals surface area (Å²) in [4.78, 5) is 24.3. The minimum atomic E-state index is -0.0395.